The number of hydrogen-bond donors (Lipinski definition) is 0. The largest absolute Gasteiger partial charge is 0.465 e. The highest BCUT2D eigenvalue weighted by atomic mass is 16.5. The summed E-state index contributed by atoms with van der Waals surface area (Å²) >= 11 is 0. The standard InChI is InChI=1S/C35H68O4/c1-5-9-13-17-19-23-28-32(26-21-15-11-7-3)34(36)38-30-25-31-39-35(37)33(27-22-16-12-8-4)29-24-20-18-14-10-6-2/h32-33H,5-31H2,1-4H3. The molecule has 0 aromatic heterocycles. The molecule has 0 bridgehead atoms. The third kappa shape index (κ3) is 24.5. The van der Waals surface area contributed by atoms with Gasteiger partial charge in [0.1, 0.15) is 0 Å². The SMILES string of the molecule is CCCCCCCCC(CCCCCC)C(=O)OCCCOC(=O)C(CCCCCC)CCCCCCCC. The Kier molecular flexibility index (Phi) is 29.1. The van der Waals surface area contributed by atoms with Gasteiger partial charge in [-0.3, -0.25) is 9.59 Å². The highest BCUT2D eigenvalue weighted by Gasteiger charge is 2.21. The first-order valence-corrected chi connectivity index (χ1v) is 17.4. The Bertz CT molecular complexity index is 487. The minimum absolute atomic E-state index is 0.0282. The number of carbonyl (C=O) groups is 2. The van der Waals surface area contributed by atoms with Crippen LogP contribution in [0.2, 0.25) is 0 Å². The Balaban J connectivity index is 4.40. The summed E-state index contributed by atoms with van der Waals surface area (Å²) in [5, 5.41) is 0. The van der Waals surface area contributed by atoms with E-state index in [-0.39, 0.29) is 23.8 Å². The van der Waals surface area contributed by atoms with Crippen molar-refractivity contribution in [1.82, 2.24) is 0 Å². The van der Waals surface area contributed by atoms with Crippen LogP contribution in [-0.4, -0.2) is 25.2 Å². The first-order valence-electron chi connectivity index (χ1n) is 17.4. The number of unbranched alkanes of at least 4 members (excludes halogenated alkanes) is 16. The molecule has 0 rings (SSSR count). The second-order valence-corrected chi connectivity index (χ2v) is 11.9. The van der Waals surface area contributed by atoms with E-state index in [1.165, 1.54) is 103 Å². The minimum atomic E-state index is -0.0387. The van der Waals surface area contributed by atoms with Crippen LogP contribution in [0.15, 0.2) is 0 Å². The van der Waals surface area contributed by atoms with Crippen molar-refractivity contribution in [3.8, 4) is 0 Å². The summed E-state index contributed by atoms with van der Waals surface area (Å²) in [4.78, 5) is 25.7. The van der Waals surface area contributed by atoms with Crippen molar-refractivity contribution in [1.29, 1.82) is 0 Å². The van der Waals surface area contributed by atoms with Gasteiger partial charge in [0.2, 0.25) is 0 Å². The molecular formula is C35H68O4. The first kappa shape index (κ1) is 37.9. The number of esters is 2. The van der Waals surface area contributed by atoms with E-state index < -0.39 is 0 Å². The molecule has 0 aliphatic carbocycles. The van der Waals surface area contributed by atoms with E-state index in [0.29, 0.717) is 19.6 Å². The zero-order valence-corrected chi connectivity index (χ0v) is 26.9. The number of hydrogen-bond acceptors (Lipinski definition) is 4. The van der Waals surface area contributed by atoms with E-state index in [0.717, 1.165) is 51.4 Å². The molecule has 232 valence electrons. The Morgan fingerprint density at radius 1 is 0.385 bits per heavy atom. The van der Waals surface area contributed by atoms with Gasteiger partial charge >= 0.3 is 11.9 Å². The summed E-state index contributed by atoms with van der Waals surface area (Å²) in [7, 11) is 0. The van der Waals surface area contributed by atoms with Crippen molar-refractivity contribution in [3.63, 3.8) is 0 Å². The van der Waals surface area contributed by atoms with Crippen LogP contribution in [0.4, 0.5) is 0 Å². The number of carbonyl (C=O) groups excluding carboxylic acids is 2. The van der Waals surface area contributed by atoms with Gasteiger partial charge in [0.05, 0.1) is 25.0 Å². The average Bonchev–Trinajstić information content (AvgIpc) is 2.94. The Labute approximate surface area is 244 Å². The van der Waals surface area contributed by atoms with E-state index in [4.69, 9.17) is 9.47 Å². The lowest BCUT2D eigenvalue weighted by molar-refractivity contribution is -0.151. The lowest BCUT2D eigenvalue weighted by atomic mass is 9.94. The van der Waals surface area contributed by atoms with Crippen LogP contribution in [-0.2, 0) is 19.1 Å². The quantitative estimate of drug-likeness (QED) is 0.0656. The van der Waals surface area contributed by atoms with Gasteiger partial charge in [-0.25, -0.2) is 0 Å². The molecule has 0 saturated carbocycles. The minimum Gasteiger partial charge on any atom is -0.465 e. The lowest BCUT2D eigenvalue weighted by Crippen LogP contribution is -2.21. The molecule has 0 saturated heterocycles. The summed E-state index contributed by atoms with van der Waals surface area (Å²) in [6, 6.07) is 0. The van der Waals surface area contributed by atoms with Gasteiger partial charge in [-0.2, -0.15) is 0 Å². The molecule has 0 heterocycles. The molecule has 0 spiro atoms. The van der Waals surface area contributed by atoms with Crippen LogP contribution >= 0.6 is 0 Å². The summed E-state index contributed by atoms with van der Waals surface area (Å²) in [5.41, 5.74) is 0. The Morgan fingerprint density at radius 3 is 0.949 bits per heavy atom. The van der Waals surface area contributed by atoms with Crippen LogP contribution < -0.4 is 0 Å². The Hall–Kier alpha value is -1.06. The van der Waals surface area contributed by atoms with Crippen LogP contribution in [0.3, 0.4) is 0 Å². The van der Waals surface area contributed by atoms with Crippen molar-refractivity contribution < 1.29 is 19.1 Å². The molecule has 0 aromatic rings. The maximum atomic E-state index is 12.8. The highest BCUT2D eigenvalue weighted by Crippen LogP contribution is 2.22. The second-order valence-electron chi connectivity index (χ2n) is 11.9. The van der Waals surface area contributed by atoms with Gasteiger partial charge in [-0.1, -0.05) is 156 Å². The number of rotatable bonds is 30. The third-order valence-electron chi connectivity index (χ3n) is 8.07. The van der Waals surface area contributed by atoms with E-state index in [1.54, 1.807) is 0 Å². The molecule has 0 radical (unpaired) electrons. The predicted molar refractivity (Wildman–Crippen MR) is 167 cm³/mol. The summed E-state index contributed by atoms with van der Waals surface area (Å²) in [6.45, 7) is 9.63. The van der Waals surface area contributed by atoms with Crippen molar-refractivity contribution in [2.45, 2.75) is 188 Å². The molecule has 39 heavy (non-hydrogen) atoms. The van der Waals surface area contributed by atoms with Crippen molar-refractivity contribution in [2.75, 3.05) is 13.2 Å². The fourth-order valence-electron chi connectivity index (χ4n) is 5.38. The van der Waals surface area contributed by atoms with E-state index in [1.807, 2.05) is 0 Å². The van der Waals surface area contributed by atoms with Gasteiger partial charge < -0.3 is 9.47 Å². The number of ether oxygens (including phenoxy) is 2. The normalized spacial score (nSPS) is 12.8. The molecule has 0 aromatic carbocycles. The highest BCUT2D eigenvalue weighted by molar-refractivity contribution is 5.72. The van der Waals surface area contributed by atoms with Gasteiger partial charge in [0.25, 0.3) is 0 Å². The van der Waals surface area contributed by atoms with Crippen LogP contribution in [0.25, 0.3) is 0 Å². The molecule has 0 aliphatic heterocycles. The molecule has 2 unspecified atom stereocenters. The maximum absolute atomic E-state index is 12.8. The Morgan fingerprint density at radius 2 is 0.641 bits per heavy atom. The van der Waals surface area contributed by atoms with Crippen molar-refractivity contribution in [3.05, 3.63) is 0 Å². The topological polar surface area (TPSA) is 52.6 Å². The van der Waals surface area contributed by atoms with Crippen LogP contribution in [0.5, 0.6) is 0 Å². The zero-order chi connectivity index (χ0) is 28.8. The van der Waals surface area contributed by atoms with Gasteiger partial charge in [-0.15, -0.1) is 0 Å². The molecule has 4 heteroatoms. The molecule has 0 N–H and O–H groups in total. The fraction of sp³-hybridized carbons (Fsp3) is 0.943. The predicted octanol–water partition coefficient (Wildman–Crippen LogP) is 11.1. The second kappa shape index (κ2) is 29.9. The summed E-state index contributed by atoms with van der Waals surface area (Å²) < 4.78 is 11.3. The van der Waals surface area contributed by atoms with Crippen molar-refractivity contribution >= 4 is 11.9 Å². The third-order valence-corrected chi connectivity index (χ3v) is 8.07. The van der Waals surface area contributed by atoms with E-state index >= 15 is 0 Å². The van der Waals surface area contributed by atoms with Crippen LogP contribution in [0.1, 0.15) is 188 Å². The van der Waals surface area contributed by atoms with Gasteiger partial charge in [0, 0.05) is 6.42 Å². The zero-order valence-electron chi connectivity index (χ0n) is 26.9. The molecule has 4 nitrogen and oxygen atoms in total. The molecule has 0 aliphatic rings. The molecular weight excluding hydrogens is 484 g/mol. The smallest absolute Gasteiger partial charge is 0.308 e. The first-order chi connectivity index (χ1) is 19.1. The summed E-state index contributed by atoms with van der Waals surface area (Å²) in [6.07, 6.45) is 28.9. The van der Waals surface area contributed by atoms with Crippen molar-refractivity contribution in [2.24, 2.45) is 11.8 Å². The van der Waals surface area contributed by atoms with Gasteiger partial charge in [-0.05, 0) is 25.7 Å². The fourth-order valence-corrected chi connectivity index (χ4v) is 5.38. The lowest BCUT2D eigenvalue weighted by Gasteiger charge is -2.17. The maximum Gasteiger partial charge on any atom is 0.308 e. The van der Waals surface area contributed by atoms with E-state index in [2.05, 4.69) is 27.7 Å². The van der Waals surface area contributed by atoms with Crippen LogP contribution in [0, 0.1) is 11.8 Å². The molecule has 0 amide bonds. The average molecular weight is 553 g/mol. The summed E-state index contributed by atoms with van der Waals surface area (Å²) in [5.74, 6) is -0.0210. The monoisotopic (exact) mass is 553 g/mol. The van der Waals surface area contributed by atoms with E-state index in [9.17, 15) is 9.59 Å². The molecule has 2 atom stereocenters. The molecule has 0 fully saturated rings. The van der Waals surface area contributed by atoms with Gasteiger partial charge in [0.15, 0.2) is 0 Å².